The fourth-order valence-electron chi connectivity index (χ4n) is 1.79. The highest BCUT2D eigenvalue weighted by molar-refractivity contribution is 5.40. The third kappa shape index (κ3) is 4.35. The van der Waals surface area contributed by atoms with E-state index >= 15 is 0 Å². The molecule has 1 N–H and O–H groups in total. The maximum atomic E-state index is 4.43. The van der Waals surface area contributed by atoms with E-state index in [1.165, 1.54) is 24.8 Å². The van der Waals surface area contributed by atoms with Crippen LogP contribution in [0.15, 0.2) is 18.3 Å². The van der Waals surface area contributed by atoms with Gasteiger partial charge < -0.3 is 10.2 Å². The molecule has 3 nitrogen and oxygen atoms in total. The van der Waals surface area contributed by atoms with Crippen LogP contribution < -0.4 is 10.2 Å². The number of hydrogen-bond donors (Lipinski definition) is 1. The lowest BCUT2D eigenvalue weighted by Crippen LogP contribution is -2.20. The van der Waals surface area contributed by atoms with Gasteiger partial charge in [-0.3, -0.25) is 0 Å². The van der Waals surface area contributed by atoms with Gasteiger partial charge in [-0.05, 0) is 38.1 Å². The Morgan fingerprint density at radius 2 is 2.18 bits per heavy atom. The van der Waals surface area contributed by atoms with Crippen molar-refractivity contribution in [1.82, 2.24) is 10.3 Å². The number of nitrogens with zero attached hydrogens (tertiary/aromatic N) is 2. The molecule has 1 heterocycles. The van der Waals surface area contributed by atoms with Crippen molar-refractivity contribution in [1.29, 1.82) is 0 Å². The maximum absolute atomic E-state index is 4.43. The van der Waals surface area contributed by atoms with E-state index in [2.05, 4.69) is 48.2 Å². The summed E-state index contributed by atoms with van der Waals surface area (Å²) >= 11 is 0. The minimum Gasteiger partial charge on any atom is -0.360 e. The topological polar surface area (TPSA) is 28.2 Å². The Labute approximate surface area is 105 Å². The minimum atomic E-state index is 0.376. The van der Waals surface area contributed by atoms with Crippen LogP contribution in [0.4, 0.5) is 5.82 Å². The number of nitrogens with one attached hydrogen (secondary N) is 1. The Kier molecular flexibility index (Phi) is 5.98. The molecule has 0 bridgehead atoms. The fraction of sp³-hybridized carbons (Fsp3) is 0.643. The van der Waals surface area contributed by atoms with Crippen molar-refractivity contribution < 1.29 is 0 Å². The Bertz CT molecular complexity index is 325. The van der Waals surface area contributed by atoms with Crippen molar-refractivity contribution in [3.05, 3.63) is 23.9 Å². The van der Waals surface area contributed by atoms with Crippen molar-refractivity contribution in [2.24, 2.45) is 0 Å². The predicted octanol–water partition coefficient (Wildman–Crippen LogP) is 2.99. The average Bonchev–Trinajstić information content (AvgIpc) is 2.38. The molecule has 0 saturated carbocycles. The third-order valence-electron chi connectivity index (χ3n) is 3.19. The van der Waals surface area contributed by atoms with Crippen molar-refractivity contribution >= 4 is 5.82 Å². The molecule has 0 amide bonds. The zero-order valence-corrected chi connectivity index (χ0v) is 11.5. The van der Waals surface area contributed by atoms with Crippen molar-refractivity contribution in [3.8, 4) is 0 Å². The summed E-state index contributed by atoms with van der Waals surface area (Å²) in [5.74, 6) is 1.07. The lowest BCUT2D eigenvalue weighted by molar-refractivity contribution is 0.650. The van der Waals surface area contributed by atoms with E-state index in [1.54, 1.807) is 0 Å². The molecule has 1 aromatic rings. The summed E-state index contributed by atoms with van der Waals surface area (Å²) in [5, 5.41) is 3.25. The first kappa shape index (κ1) is 14.0. The molecular weight excluding hydrogens is 210 g/mol. The molecule has 96 valence electrons. The zero-order valence-electron chi connectivity index (χ0n) is 11.5. The molecule has 0 spiro atoms. The van der Waals surface area contributed by atoms with Crippen LogP contribution in [0.2, 0.25) is 0 Å². The number of anilines is 1. The Hall–Kier alpha value is -1.09. The second-order valence-corrected chi connectivity index (χ2v) is 4.59. The van der Waals surface area contributed by atoms with Crippen LogP contribution in [0.5, 0.6) is 0 Å². The molecular formula is C14H25N3. The van der Waals surface area contributed by atoms with Gasteiger partial charge in [0.05, 0.1) is 0 Å². The lowest BCUT2D eigenvalue weighted by Gasteiger charge is -2.20. The fourth-order valence-corrected chi connectivity index (χ4v) is 1.79. The second-order valence-electron chi connectivity index (χ2n) is 4.59. The summed E-state index contributed by atoms with van der Waals surface area (Å²) in [7, 11) is 4.10. The van der Waals surface area contributed by atoms with Gasteiger partial charge in [-0.15, -0.1) is 0 Å². The highest BCUT2D eigenvalue weighted by Crippen LogP contribution is 2.17. The van der Waals surface area contributed by atoms with E-state index in [9.17, 15) is 0 Å². The van der Waals surface area contributed by atoms with E-state index in [1.807, 2.05) is 13.2 Å². The first-order valence-electron chi connectivity index (χ1n) is 6.53. The van der Waals surface area contributed by atoms with Crippen LogP contribution in [-0.4, -0.2) is 25.6 Å². The van der Waals surface area contributed by atoms with Crippen LogP contribution in [0.1, 0.15) is 44.7 Å². The summed E-state index contributed by atoms with van der Waals surface area (Å²) in [6, 6.07) is 4.62. The van der Waals surface area contributed by atoms with E-state index in [0.29, 0.717) is 6.04 Å². The number of hydrogen-bond acceptors (Lipinski definition) is 3. The van der Waals surface area contributed by atoms with Gasteiger partial charge in [0.15, 0.2) is 0 Å². The van der Waals surface area contributed by atoms with Gasteiger partial charge in [0.25, 0.3) is 0 Å². The van der Waals surface area contributed by atoms with Gasteiger partial charge in [0, 0.05) is 25.8 Å². The molecule has 0 saturated heterocycles. The van der Waals surface area contributed by atoms with Crippen LogP contribution in [0.25, 0.3) is 0 Å². The van der Waals surface area contributed by atoms with E-state index < -0.39 is 0 Å². The van der Waals surface area contributed by atoms with Crippen LogP contribution in [0, 0.1) is 0 Å². The molecule has 0 radical (unpaired) electrons. The maximum Gasteiger partial charge on any atom is 0.128 e. The van der Waals surface area contributed by atoms with Gasteiger partial charge in [-0.2, -0.15) is 0 Å². The number of pyridine rings is 1. The normalized spacial score (nSPS) is 12.5. The molecule has 0 aliphatic carbocycles. The minimum absolute atomic E-state index is 0.376. The largest absolute Gasteiger partial charge is 0.360 e. The average molecular weight is 235 g/mol. The molecule has 0 aliphatic rings. The van der Waals surface area contributed by atoms with E-state index in [0.717, 1.165) is 12.4 Å². The summed E-state index contributed by atoms with van der Waals surface area (Å²) in [5.41, 5.74) is 1.29. The summed E-state index contributed by atoms with van der Waals surface area (Å²) in [6.45, 7) is 5.47. The van der Waals surface area contributed by atoms with Gasteiger partial charge in [0.1, 0.15) is 5.82 Å². The van der Waals surface area contributed by atoms with E-state index in [4.69, 9.17) is 0 Å². The third-order valence-corrected chi connectivity index (χ3v) is 3.19. The van der Waals surface area contributed by atoms with Crippen LogP contribution in [0.3, 0.4) is 0 Å². The Morgan fingerprint density at radius 3 is 2.82 bits per heavy atom. The Balaban J connectivity index is 2.63. The SMILES string of the molecule is CCCCCN(C)c1cc(C(C)NC)ccn1. The molecule has 1 atom stereocenters. The Morgan fingerprint density at radius 1 is 1.41 bits per heavy atom. The van der Waals surface area contributed by atoms with Gasteiger partial charge >= 0.3 is 0 Å². The summed E-state index contributed by atoms with van der Waals surface area (Å²) in [4.78, 5) is 6.67. The van der Waals surface area contributed by atoms with Gasteiger partial charge in [-0.25, -0.2) is 4.98 Å². The molecule has 1 rings (SSSR count). The molecule has 1 aromatic heterocycles. The number of aromatic nitrogens is 1. The smallest absolute Gasteiger partial charge is 0.128 e. The monoisotopic (exact) mass is 235 g/mol. The zero-order chi connectivity index (χ0) is 12.7. The van der Waals surface area contributed by atoms with E-state index in [-0.39, 0.29) is 0 Å². The van der Waals surface area contributed by atoms with Crippen molar-refractivity contribution in [3.63, 3.8) is 0 Å². The molecule has 3 heteroatoms. The molecule has 0 aromatic carbocycles. The van der Waals surface area contributed by atoms with Crippen molar-refractivity contribution in [2.75, 3.05) is 25.5 Å². The second kappa shape index (κ2) is 7.28. The van der Waals surface area contributed by atoms with Crippen molar-refractivity contribution in [2.45, 2.75) is 39.2 Å². The quantitative estimate of drug-likeness (QED) is 0.736. The first-order chi connectivity index (χ1) is 8.19. The van der Waals surface area contributed by atoms with Crippen LogP contribution in [-0.2, 0) is 0 Å². The highest BCUT2D eigenvalue weighted by Gasteiger charge is 2.06. The highest BCUT2D eigenvalue weighted by atomic mass is 15.2. The number of rotatable bonds is 7. The summed E-state index contributed by atoms with van der Waals surface area (Å²) in [6.07, 6.45) is 5.68. The molecule has 17 heavy (non-hydrogen) atoms. The van der Waals surface area contributed by atoms with Gasteiger partial charge in [0.2, 0.25) is 0 Å². The molecule has 0 fully saturated rings. The predicted molar refractivity (Wildman–Crippen MR) is 74.5 cm³/mol. The number of unbranched alkanes of at least 4 members (excludes halogenated alkanes) is 2. The molecule has 0 aliphatic heterocycles. The van der Waals surface area contributed by atoms with Gasteiger partial charge in [-0.1, -0.05) is 19.8 Å². The lowest BCUT2D eigenvalue weighted by atomic mass is 10.1. The van der Waals surface area contributed by atoms with Crippen LogP contribution >= 0.6 is 0 Å². The standard InChI is InChI=1S/C14H25N3/c1-5-6-7-10-17(4)14-11-13(8-9-16-14)12(2)15-3/h8-9,11-12,15H,5-7,10H2,1-4H3. The first-order valence-corrected chi connectivity index (χ1v) is 6.53. The summed E-state index contributed by atoms with van der Waals surface area (Å²) < 4.78 is 0. The molecule has 1 unspecified atom stereocenters.